The highest BCUT2D eigenvalue weighted by Gasteiger charge is 2.47. The molecule has 21 heavy (non-hydrogen) atoms. The third-order valence-electron chi connectivity index (χ3n) is 3.43. The third kappa shape index (κ3) is 3.43. The van der Waals surface area contributed by atoms with Crippen LogP contribution in [0.3, 0.4) is 0 Å². The van der Waals surface area contributed by atoms with Gasteiger partial charge in [0, 0.05) is 3.57 Å². The van der Waals surface area contributed by atoms with Crippen LogP contribution in [-0.4, -0.2) is 36.4 Å². The summed E-state index contributed by atoms with van der Waals surface area (Å²) in [6.07, 6.45) is 0. The molecule has 2 rings (SSSR count). The van der Waals surface area contributed by atoms with Gasteiger partial charge in [0.15, 0.2) is 0 Å². The molecule has 2 amide bonds. The molecule has 0 spiro atoms. The maximum Gasteiger partial charge on any atom is 0.319 e. The van der Waals surface area contributed by atoms with Gasteiger partial charge < -0.3 is 20.5 Å². The zero-order valence-corrected chi connectivity index (χ0v) is 13.3. The summed E-state index contributed by atoms with van der Waals surface area (Å²) < 4.78 is 18.7. The van der Waals surface area contributed by atoms with Gasteiger partial charge in [-0.25, -0.2) is 9.18 Å². The van der Waals surface area contributed by atoms with Gasteiger partial charge in [-0.05, 0) is 47.7 Å². The second-order valence-electron chi connectivity index (χ2n) is 5.01. The van der Waals surface area contributed by atoms with E-state index >= 15 is 0 Å². The fourth-order valence-corrected chi connectivity index (χ4v) is 2.60. The Morgan fingerprint density at radius 3 is 2.86 bits per heavy atom. The molecule has 2 atom stereocenters. The predicted octanol–water partition coefficient (Wildman–Crippen LogP) is 2.04. The fourth-order valence-electron chi connectivity index (χ4n) is 1.99. The van der Waals surface area contributed by atoms with Crippen molar-refractivity contribution in [1.82, 2.24) is 5.32 Å². The lowest BCUT2D eigenvalue weighted by atomic mass is 9.85. The molecule has 2 unspecified atom stereocenters. The molecular formula is C13H14FIN2O4. The number of urea groups is 1. The number of benzene rings is 1. The summed E-state index contributed by atoms with van der Waals surface area (Å²) in [5.74, 6) is -1.42. The number of hydrogen-bond donors (Lipinski definition) is 3. The van der Waals surface area contributed by atoms with E-state index in [0.717, 1.165) is 0 Å². The number of carboxylic acids is 1. The van der Waals surface area contributed by atoms with E-state index in [1.807, 2.05) is 22.6 Å². The van der Waals surface area contributed by atoms with Crippen molar-refractivity contribution >= 4 is 40.3 Å². The second-order valence-corrected chi connectivity index (χ2v) is 6.18. The first-order valence-corrected chi connectivity index (χ1v) is 7.24. The summed E-state index contributed by atoms with van der Waals surface area (Å²) in [4.78, 5) is 23.2. The summed E-state index contributed by atoms with van der Waals surface area (Å²) in [5, 5.41) is 14.4. The van der Waals surface area contributed by atoms with Crippen molar-refractivity contribution in [3.63, 3.8) is 0 Å². The number of amides is 2. The zero-order valence-electron chi connectivity index (χ0n) is 11.2. The van der Waals surface area contributed by atoms with Gasteiger partial charge in [0.25, 0.3) is 0 Å². The van der Waals surface area contributed by atoms with E-state index < -0.39 is 29.3 Å². The average molecular weight is 408 g/mol. The first-order valence-electron chi connectivity index (χ1n) is 6.16. The summed E-state index contributed by atoms with van der Waals surface area (Å²) in [6, 6.07) is 2.78. The van der Waals surface area contributed by atoms with Crippen LogP contribution in [0.4, 0.5) is 14.9 Å². The van der Waals surface area contributed by atoms with Gasteiger partial charge >= 0.3 is 12.0 Å². The van der Waals surface area contributed by atoms with Gasteiger partial charge in [-0.3, -0.25) is 4.79 Å². The van der Waals surface area contributed by atoms with Crippen molar-refractivity contribution in [3.8, 4) is 0 Å². The lowest BCUT2D eigenvalue weighted by Gasteiger charge is -2.25. The maximum absolute atomic E-state index is 13.0. The summed E-state index contributed by atoms with van der Waals surface area (Å²) in [7, 11) is 0. The van der Waals surface area contributed by atoms with E-state index in [0.29, 0.717) is 9.26 Å². The van der Waals surface area contributed by atoms with Crippen LogP contribution in [0.15, 0.2) is 18.2 Å². The third-order valence-corrected chi connectivity index (χ3v) is 4.32. The van der Waals surface area contributed by atoms with E-state index in [9.17, 15) is 19.1 Å². The van der Waals surface area contributed by atoms with Crippen LogP contribution in [0.1, 0.15) is 6.92 Å². The monoisotopic (exact) mass is 408 g/mol. The topological polar surface area (TPSA) is 87.7 Å². The molecule has 114 valence electrons. The summed E-state index contributed by atoms with van der Waals surface area (Å²) in [5.41, 5.74) is -0.710. The van der Waals surface area contributed by atoms with E-state index in [1.165, 1.54) is 25.1 Å². The number of carbonyl (C=O) groups is 2. The van der Waals surface area contributed by atoms with Crippen molar-refractivity contribution in [1.29, 1.82) is 0 Å². The lowest BCUT2D eigenvalue weighted by molar-refractivity contribution is -0.148. The Hall–Kier alpha value is -1.42. The molecule has 0 aromatic heterocycles. The number of nitrogens with one attached hydrogen (secondary N) is 2. The number of carboxylic acid groups (broad SMARTS) is 1. The highest BCUT2D eigenvalue weighted by Crippen LogP contribution is 2.29. The number of aliphatic carboxylic acids is 1. The number of anilines is 1. The Balaban J connectivity index is 2.03. The number of ether oxygens (including phenoxy) is 1. The SMILES string of the molecule is CC1(C(=O)O)COCC1NC(=O)Nc1ccc(F)cc1I. The molecular weight excluding hydrogens is 394 g/mol. The lowest BCUT2D eigenvalue weighted by Crippen LogP contribution is -2.50. The maximum atomic E-state index is 13.0. The van der Waals surface area contributed by atoms with Gasteiger partial charge in [-0.2, -0.15) is 0 Å². The minimum absolute atomic E-state index is 0.0430. The summed E-state index contributed by atoms with van der Waals surface area (Å²) >= 11 is 1.90. The molecule has 0 radical (unpaired) electrons. The Morgan fingerprint density at radius 1 is 1.52 bits per heavy atom. The van der Waals surface area contributed by atoms with Gasteiger partial charge in [-0.15, -0.1) is 0 Å². The van der Waals surface area contributed by atoms with Crippen LogP contribution in [-0.2, 0) is 9.53 Å². The molecule has 1 aromatic rings. The molecule has 1 heterocycles. The van der Waals surface area contributed by atoms with E-state index in [4.69, 9.17) is 4.74 Å². The van der Waals surface area contributed by atoms with Gasteiger partial charge in [0.2, 0.25) is 0 Å². The minimum atomic E-state index is -1.16. The number of hydrogen-bond acceptors (Lipinski definition) is 3. The largest absolute Gasteiger partial charge is 0.481 e. The first kappa shape index (κ1) is 16.0. The fraction of sp³-hybridized carbons (Fsp3) is 0.385. The molecule has 6 nitrogen and oxygen atoms in total. The Morgan fingerprint density at radius 2 is 2.24 bits per heavy atom. The summed E-state index contributed by atoms with van der Waals surface area (Å²) in [6.45, 7) is 1.70. The van der Waals surface area contributed by atoms with Crippen molar-refractivity contribution in [2.24, 2.45) is 5.41 Å². The molecule has 1 aromatic carbocycles. The molecule has 0 saturated carbocycles. The van der Waals surface area contributed by atoms with Crippen molar-refractivity contribution in [2.75, 3.05) is 18.5 Å². The standard InChI is InChI=1S/C13H14FIN2O4/c1-13(11(18)19)6-21-5-10(13)17-12(20)16-9-3-2-7(14)4-8(9)15/h2-4,10H,5-6H2,1H3,(H,18,19)(H2,16,17,20). The molecule has 1 fully saturated rings. The molecule has 3 N–H and O–H groups in total. The quantitative estimate of drug-likeness (QED) is 0.669. The molecule has 1 saturated heterocycles. The smallest absolute Gasteiger partial charge is 0.319 e. The molecule has 0 bridgehead atoms. The molecule has 1 aliphatic heterocycles. The van der Waals surface area contributed by atoms with E-state index in [-0.39, 0.29) is 13.2 Å². The number of rotatable bonds is 3. The normalized spacial score (nSPS) is 24.6. The van der Waals surface area contributed by atoms with Gasteiger partial charge in [-0.1, -0.05) is 0 Å². The van der Waals surface area contributed by atoms with Gasteiger partial charge in [0.05, 0.1) is 24.9 Å². The van der Waals surface area contributed by atoms with Crippen molar-refractivity contribution in [3.05, 3.63) is 27.6 Å². The van der Waals surface area contributed by atoms with Crippen molar-refractivity contribution in [2.45, 2.75) is 13.0 Å². The Kier molecular flexibility index (Phi) is 4.67. The van der Waals surface area contributed by atoms with Gasteiger partial charge in [0.1, 0.15) is 11.2 Å². The van der Waals surface area contributed by atoms with E-state index in [1.54, 1.807) is 0 Å². The van der Waals surface area contributed by atoms with Crippen molar-refractivity contribution < 1.29 is 23.8 Å². The van der Waals surface area contributed by atoms with Crippen LogP contribution >= 0.6 is 22.6 Å². The minimum Gasteiger partial charge on any atom is -0.481 e. The van der Waals surface area contributed by atoms with Crippen LogP contribution in [0.25, 0.3) is 0 Å². The first-order chi connectivity index (χ1) is 9.83. The van der Waals surface area contributed by atoms with Crippen LogP contribution < -0.4 is 10.6 Å². The Bertz CT molecular complexity index is 583. The highest BCUT2D eigenvalue weighted by atomic mass is 127. The zero-order chi connectivity index (χ0) is 15.6. The van der Waals surface area contributed by atoms with Crippen LogP contribution in [0.5, 0.6) is 0 Å². The van der Waals surface area contributed by atoms with Crippen LogP contribution in [0.2, 0.25) is 0 Å². The number of halogens is 2. The van der Waals surface area contributed by atoms with Crippen LogP contribution in [0, 0.1) is 14.8 Å². The van der Waals surface area contributed by atoms with E-state index in [2.05, 4.69) is 10.6 Å². The molecule has 8 heteroatoms. The Labute approximate surface area is 134 Å². The average Bonchev–Trinajstić information content (AvgIpc) is 2.76. The molecule has 0 aliphatic carbocycles. The molecule has 1 aliphatic rings. The predicted molar refractivity (Wildman–Crippen MR) is 81.6 cm³/mol. The number of carbonyl (C=O) groups excluding carboxylic acids is 1. The second kappa shape index (κ2) is 6.14. The highest BCUT2D eigenvalue weighted by molar-refractivity contribution is 14.1.